The fraction of sp³-hybridized carbons (Fsp3) is 1.00. The minimum atomic E-state index is 0.0191. The molecule has 0 atom stereocenters. The van der Waals surface area contributed by atoms with Crippen LogP contribution < -0.4 is 0 Å². The molecule has 0 aromatic heterocycles. The van der Waals surface area contributed by atoms with Crippen molar-refractivity contribution >= 4 is 37.0 Å². The molecule has 0 aliphatic carbocycles. The molecule has 0 nitrogen and oxygen atoms in total. The Bertz CT molecular complexity index is 73.5. The smallest absolute Gasteiger partial charge is 0.0539 e. The van der Waals surface area contributed by atoms with Crippen LogP contribution in [0.3, 0.4) is 0 Å². The lowest BCUT2D eigenvalue weighted by molar-refractivity contribution is 0.973. The number of thioether (sulfide) groups is 1. The van der Waals surface area contributed by atoms with Crippen molar-refractivity contribution in [2.45, 2.75) is 35.9 Å². The summed E-state index contributed by atoms with van der Waals surface area (Å²) in [6.07, 6.45) is 0. The average molecular weight is 182 g/mol. The minimum Gasteiger partial charge on any atom is -0.162 e. The zero-order chi connectivity index (χ0) is 7.71. The Morgan fingerprint density at radius 2 is 1.11 bits per heavy atom. The molecule has 0 amide bonds. The standard InChI is InChI=1S/C6H14S3/c1-5(2,7)9-6(3,4)8/h7-8H,1-4H3. The van der Waals surface area contributed by atoms with Crippen LogP contribution in [0.15, 0.2) is 0 Å². The first-order chi connectivity index (χ1) is 3.71. The Morgan fingerprint density at radius 1 is 0.889 bits per heavy atom. The van der Waals surface area contributed by atoms with E-state index in [0.717, 1.165) is 0 Å². The van der Waals surface area contributed by atoms with Crippen LogP contribution in [-0.2, 0) is 0 Å². The van der Waals surface area contributed by atoms with Crippen LogP contribution in [0.1, 0.15) is 27.7 Å². The van der Waals surface area contributed by atoms with Crippen molar-refractivity contribution in [1.82, 2.24) is 0 Å². The van der Waals surface area contributed by atoms with Gasteiger partial charge in [0.05, 0.1) is 8.16 Å². The van der Waals surface area contributed by atoms with Crippen molar-refractivity contribution in [3.8, 4) is 0 Å². The topological polar surface area (TPSA) is 0 Å². The summed E-state index contributed by atoms with van der Waals surface area (Å²) in [7, 11) is 0. The summed E-state index contributed by atoms with van der Waals surface area (Å²) in [4.78, 5) is 0. The normalized spacial score (nSPS) is 14.0. The van der Waals surface area contributed by atoms with Crippen LogP contribution in [-0.4, -0.2) is 8.16 Å². The Labute approximate surface area is 73.0 Å². The van der Waals surface area contributed by atoms with Crippen molar-refractivity contribution in [2.75, 3.05) is 0 Å². The molecule has 0 radical (unpaired) electrons. The van der Waals surface area contributed by atoms with E-state index in [1.165, 1.54) is 0 Å². The van der Waals surface area contributed by atoms with Gasteiger partial charge in [-0.25, -0.2) is 0 Å². The van der Waals surface area contributed by atoms with Crippen LogP contribution >= 0.6 is 37.0 Å². The first kappa shape index (κ1) is 10.0. The molecule has 0 aromatic carbocycles. The van der Waals surface area contributed by atoms with Crippen molar-refractivity contribution < 1.29 is 0 Å². The highest BCUT2D eigenvalue weighted by molar-refractivity contribution is 8.18. The van der Waals surface area contributed by atoms with Crippen LogP contribution in [0.4, 0.5) is 0 Å². The van der Waals surface area contributed by atoms with Gasteiger partial charge in [0.25, 0.3) is 0 Å². The van der Waals surface area contributed by atoms with E-state index in [1.54, 1.807) is 11.8 Å². The van der Waals surface area contributed by atoms with Crippen LogP contribution in [0.25, 0.3) is 0 Å². The van der Waals surface area contributed by atoms with Gasteiger partial charge in [0.15, 0.2) is 0 Å². The maximum Gasteiger partial charge on any atom is 0.0539 e. The summed E-state index contributed by atoms with van der Waals surface area (Å²) < 4.78 is 0.0382. The van der Waals surface area contributed by atoms with Crippen LogP contribution in [0.2, 0.25) is 0 Å². The predicted octanol–water partition coefficient (Wildman–Crippen LogP) is 3.05. The summed E-state index contributed by atoms with van der Waals surface area (Å²) in [5, 5.41) is 0. The van der Waals surface area contributed by atoms with Crippen molar-refractivity contribution in [2.24, 2.45) is 0 Å². The molecule has 0 saturated carbocycles. The molecule has 0 fully saturated rings. The lowest BCUT2D eigenvalue weighted by atomic mass is 10.5. The van der Waals surface area contributed by atoms with Gasteiger partial charge >= 0.3 is 0 Å². The molecular weight excluding hydrogens is 168 g/mol. The number of thiol groups is 2. The highest BCUT2D eigenvalue weighted by Crippen LogP contribution is 2.40. The molecule has 0 rings (SSSR count). The van der Waals surface area contributed by atoms with E-state index < -0.39 is 0 Å². The van der Waals surface area contributed by atoms with Crippen molar-refractivity contribution in [3.05, 3.63) is 0 Å². The molecule has 0 aliphatic rings. The number of rotatable bonds is 2. The Morgan fingerprint density at radius 3 is 1.11 bits per heavy atom. The number of hydrogen-bond donors (Lipinski definition) is 2. The molecule has 0 aliphatic heterocycles. The maximum atomic E-state index is 4.36. The highest BCUT2D eigenvalue weighted by atomic mass is 32.2. The Balaban J connectivity index is 3.75. The molecule has 0 heterocycles. The second-order valence-corrected chi connectivity index (χ2v) is 8.08. The number of hydrogen-bond acceptors (Lipinski definition) is 3. The first-order valence-electron chi connectivity index (χ1n) is 2.86. The van der Waals surface area contributed by atoms with Gasteiger partial charge in [0, 0.05) is 0 Å². The molecule has 9 heavy (non-hydrogen) atoms. The third-order valence-corrected chi connectivity index (χ3v) is 2.05. The molecule has 0 saturated heterocycles. The van der Waals surface area contributed by atoms with Gasteiger partial charge in [0.2, 0.25) is 0 Å². The van der Waals surface area contributed by atoms with Gasteiger partial charge in [-0.2, -0.15) is 25.3 Å². The van der Waals surface area contributed by atoms with Gasteiger partial charge in [-0.15, -0.1) is 11.8 Å². The molecule has 0 unspecified atom stereocenters. The minimum absolute atomic E-state index is 0.0191. The summed E-state index contributed by atoms with van der Waals surface area (Å²) in [6, 6.07) is 0. The van der Waals surface area contributed by atoms with Crippen molar-refractivity contribution in [1.29, 1.82) is 0 Å². The molecule has 3 heteroatoms. The van der Waals surface area contributed by atoms with E-state index in [-0.39, 0.29) is 8.16 Å². The van der Waals surface area contributed by atoms with E-state index in [2.05, 4.69) is 53.0 Å². The van der Waals surface area contributed by atoms with Gasteiger partial charge in [-0.1, -0.05) is 0 Å². The molecule has 0 spiro atoms. The summed E-state index contributed by atoms with van der Waals surface area (Å²) in [5.74, 6) is 0. The SMILES string of the molecule is CC(C)(S)SC(C)(C)S. The largest absolute Gasteiger partial charge is 0.162 e. The summed E-state index contributed by atoms with van der Waals surface area (Å²) in [5.41, 5.74) is 0. The lowest BCUT2D eigenvalue weighted by Gasteiger charge is -2.26. The monoisotopic (exact) mass is 182 g/mol. The molecule has 0 bridgehead atoms. The molecule has 56 valence electrons. The van der Waals surface area contributed by atoms with Gasteiger partial charge in [-0.3, -0.25) is 0 Å². The summed E-state index contributed by atoms with van der Waals surface area (Å²) >= 11 is 10.5. The Kier molecular flexibility index (Phi) is 3.32. The Hall–Kier alpha value is 1.05. The van der Waals surface area contributed by atoms with Gasteiger partial charge in [0.1, 0.15) is 0 Å². The highest BCUT2D eigenvalue weighted by Gasteiger charge is 2.22. The first-order valence-corrected chi connectivity index (χ1v) is 4.57. The second kappa shape index (κ2) is 2.97. The van der Waals surface area contributed by atoms with Crippen molar-refractivity contribution in [3.63, 3.8) is 0 Å². The van der Waals surface area contributed by atoms with E-state index in [1.807, 2.05) is 0 Å². The predicted molar refractivity (Wildman–Crippen MR) is 53.7 cm³/mol. The quantitative estimate of drug-likeness (QED) is 0.489. The van der Waals surface area contributed by atoms with E-state index in [9.17, 15) is 0 Å². The molecule has 0 aromatic rings. The van der Waals surface area contributed by atoms with Crippen LogP contribution in [0, 0.1) is 0 Å². The molecular formula is C6H14S3. The lowest BCUT2D eigenvalue weighted by Crippen LogP contribution is -2.15. The van der Waals surface area contributed by atoms with E-state index in [4.69, 9.17) is 0 Å². The zero-order valence-electron chi connectivity index (χ0n) is 6.30. The van der Waals surface area contributed by atoms with Crippen LogP contribution in [0.5, 0.6) is 0 Å². The zero-order valence-corrected chi connectivity index (χ0v) is 8.91. The average Bonchev–Trinajstić information content (AvgIpc) is 1.14. The van der Waals surface area contributed by atoms with E-state index >= 15 is 0 Å². The second-order valence-electron chi connectivity index (χ2n) is 3.00. The fourth-order valence-corrected chi connectivity index (χ4v) is 3.42. The fourth-order valence-electron chi connectivity index (χ4n) is 0.611. The van der Waals surface area contributed by atoms with E-state index in [0.29, 0.717) is 0 Å². The maximum absolute atomic E-state index is 4.36. The van der Waals surface area contributed by atoms with Gasteiger partial charge < -0.3 is 0 Å². The third-order valence-electron chi connectivity index (χ3n) is 0.500. The summed E-state index contributed by atoms with van der Waals surface area (Å²) in [6.45, 7) is 8.27. The molecule has 0 N–H and O–H groups in total. The third kappa shape index (κ3) is 9.05. The van der Waals surface area contributed by atoms with Gasteiger partial charge in [-0.05, 0) is 27.7 Å².